The van der Waals surface area contributed by atoms with Crippen molar-refractivity contribution in [2.45, 2.75) is 26.9 Å². The highest BCUT2D eigenvalue weighted by molar-refractivity contribution is 9.10. The van der Waals surface area contributed by atoms with E-state index in [2.05, 4.69) is 15.9 Å². The number of aliphatic hydroxyl groups is 1. The van der Waals surface area contributed by atoms with E-state index in [4.69, 9.17) is 11.6 Å². The number of rotatable bonds is 2. The molecule has 0 aliphatic carbocycles. The van der Waals surface area contributed by atoms with Crippen LogP contribution >= 0.6 is 27.5 Å². The average molecular weight is 340 g/mol. The molecular weight excluding hydrogens is 324 g/mol. The number of hydrogen-bond acceptors (Lipinski definition) is 1. The third-order valence-electron chi connectivity index (χ3n) is 3.36. The van der Waals surface area contributed by atoms with E-state index in [-0.39, 0.29) is 0 Å². The van der Waals surface area contributed by atoms with Crippen LogP contribution in [0, 0.1) is 20.8 Å². The maximum absolute atomic E-state index is 10.5. The van der Waals surface area contributed by atoms with Gasteiger partial charge in [0.2, 0.25) is 0 Å². The van der Waals surface area contributed by atoms with Gasteiger partial charge < -0.3 is 5.11 Å². The molecule has 0 aliphatic rings. The smallest absolute Gasteiger partial charge is 0.107 e. The Morgan fingerprint density at radius 1 is 1.00 bits per heavy atom. The summed E-state index contributed by atoms with van der Waals surface area (Å²) in [6.07, 6.45) is -0.721. The first kappa shape index (κ1) is 14.6. The van der Waals surface area contributed by atoms with E-state index >= 15 is 0 Å². The topological polar surface area (TPSA) is 20.2 Å². The van der Waals surface area contributed by atoms with Crippen molar-refractivity contribution in [3.05, 3.63) is 67.6 Å². The SMILES string of the molecule is Cc1ccc(C(O)c2cc(C)c(C)cc2Cl)c(Br)c1. The van der Waals surface area contributed by atoms with Crippen LogP contribution in [0.3, 0.4) is 0 Å². The second kappa shape index (κ2) is 5.66. The first-order valence-electron chi connectivity index (χ1n) is 6.11. The number of aryl methyl sites for hydroxylation is 3. The second-order valence-electron chi connectivity index (χ2n) is 4.89. The molecule has 1 nitrogen and oxygen atoms in total. The molecule has 0 amide bonds. The van der Waals surface area contributed by atoms with Crippen molar-refractivity contribution in [2.75, 3.05) is 0 Å². The van der Waals surface area contributed by atoms with Gasteiger partial charge in [0.25, 0.3) is 0 Å². The molecule has 2 aromatic rings. The third-order valence-corrected chi connectivity index (χ3v) is 4.37. The molecule has 100 valence electrons. The van der Waals surface area contributed by atoms with E-state index in [0.29, 0.717) is 5.02 Å². The largest absolute Gasteiger partial charge is 0.384 e. The first-order valence-corrected chi connectivity index (χ1v) is 7.28. The lowest BCUT2D eigenvalue weighted by Crippen LogP contribution is -2.03. The van der Waals surface area contributed by atoms with Crippen molar-refractivity contribution in [1.82, 2.24) is 0 Å². The molecule has 1 unspecified atom stereocenters. The highest BCUT2D eigenvalue weighted by atomic mass is 79.9. The monoisotopic (exact) mass is 338 g/mol. The zero-order valence-electron chi connectivity index (χ0n) is 11.2. The van der Waals surface area contributed by atoms with Crippen molar-refractivity contribution in [1.29, 1.82) is 0 Å². The number of benzene rings is 2. The normalized spacial score (nSPS) is 12.5. The Hall–Kier alpha value is -0.830. The van der Waals surface area contributed by atoms with Gasteiger partial charge in [-0.1, -0.05) is 45.7 Å². The molecule has 1 atom stereocenters. The highest BCUT2D eigenvalue weighted by Crippen LogP contribution is 2.34. The Morgan fingerprint density at radius 2 is 1.63 bits per heavy atom. The summed E-state index contributed by atoms with van der Waals surface area (Å²) < 4.78 is 0.897. The van der Waals surface area contributed by atoms with Crippen LogP contribution in [0.5, 0.6) is 0 Å². The quantitative estimate of drug-likeness (QED) is 0.806. The van der Waals surface area contributed by atoms with Gasteiger partial charge in [0.15, 0.2) is 0 Å². The van der Waals surface area contributed by atoms with Gasteiger partial charge in [-0.3, -0.25) is 0 Å². The molecule has 0 spiro atoms. The van der Waals surface area contributed by atoms with Crippen molar-refractivity contribution < 1.29 is 5.11 Å². The molecule has 0 saturated heterocycles. The summed E-state index contributed by atoms with van der Waals surface area (Å²) >= 11 is 9.75. The summed E-state index contributed by atoms with van der Waals surface area (Å²) in [5, 5.41) is 11.1. The molecule has 0 heterocycles. The Kier molecular flexibility index (Phi) is 4.34. The van der Waals surface area contributed by atoms with Crippen LogP contribution < -0.4 is 0 Å². The standard InChI is InChI=1S/C16H16BrClO/c1-9-4-5-12(14(17)6-9)16(19)13-7-10(2)11(3)8-15(13)18/h4-8,16,19H,1-3H3. The summed E-state index contributed by atoms with van der Waals surface area (Å²) in [4.78, 5) is 0. The lowest BCUT2D eigenvalue weighted by molar-refractivity contribution is 0.219. The van der Waals surface area contributed by atoms with Crippen LogP contribution in [-0.2, 0) is 0 Å². The number of hydrogen-bond donors (Lipinski definition) is 1. The molecular formula is C16H16BrClO. The molecule has 2 aromatic carbocycles. The Labute approximate surface area is 127 Å². The zero-order valence-corrected chi connectivity index (χ0v) is 13.5. The fourth-order valence-electron chi connectivity index (χ4n) is 2.03. The molecule has 0 fully saturated rings. The Morgan fingerprint density at radius 3 is 2.26 bits per heavy atom. The average Bonchev–Trinajstić information content (AvgIpc) is 2.33. The van der Waals surface area contributed by atoms with Crippen molar-refractivity contribution in [3.8, 4) is 0 Å². The van der Waals surface area contributed by atoms with E-state index in [0.717, 1.165) is 32.3 Å². The van der Waals surface area contributed by atoms with Crippen molar-refractivity contribution in [2.24, 2.45) is 0 Å². The molecule has 0 aliphatic heterocycles. The van der Waals surface area contributed by atoms with Crippen LogP contribution in [0.15, 0.2) is 34.8 Å². The predicted octanol–water partition coefficient (Wildman–Crippen LogP) is 5.11. The van der Waals surface area contributed by atoms with Crippen LogP contribution in [0.1, 0.15) is 33.9 Å². The summed E-state index contributed by atoms with van der Waals surface area (Å²) in [5.74, 6) is 0. The van der Waals surface area contributed by atoms with Crippen LogP contribution in [-0.4, -0.2) is 5.11 Å². The van der Waals surface area contributed by atoms with Gasteiger partial charge in [0.1, 0.15) is 6.10 Å². The Bertz CT molecular complexity index is 622. The van der Waals surface area contributed by atoms with Gasteiger partial charge in [-0.2, -0.15) is 0 Å². The molecule has 0 radical (unpaired) electrons. The van der Waals surface area contributed by atoms with E-state index in [1.165, 1.54) is 0 Å². The molecule has 19 heavy (non-hydrogen) atoms. The third kappa shape index (κ3) is 3.02. The van der Waals surface area contributed by atoms with Crippen molar-refractivity contribution >= 4 is 27.5 Å². The van der Waals surface area contributed by atoms with Gasteiger partial charge in [-0.25, -0.2) is 0 Å². The van der Waals surface area contributed by atoms with E-state index < -0.39 is 6.10 Å². The van der Waals surface area contributed by atoms with Crippen LogP contribution in [0.25, 0.3) is 0 Å². The van der Waals surface area contributed by atoms with E-state index in [1.54, 1.807) is 0 Å². The minimum absolute atomic E-state index is 0.600. The molecule has 1 N–H and O–H groups in total. The van der Waals surface area contributed by atoms with Crippen LogP contribution in [0.4, 0.5) is 0 Å². The summed E-state index contributed by atoms with van der Waals surface area (Å²) in [6.45, 7) is 6.05. The fourth-order valence-corrected chi connectivity index (χ4v) is 3.07. The van der Waals surface area contributed by atoms with E-state index in [1.807, 2.05) is 51.1 Å². The summed E-state index contributed by atoms with van der Waals surface area (Å²) in [7, 11) is 0. The Balaban J connectivity index is 2.49. The lowest BCUT2D eigenvalue weighted by Gasteiger charge is -2.17. The zero-order chi connectivity index (χ0) is 14.2. The van der Waals surface area contributed by atoms with Gasteiger partial charge in [-0.15, -0.1) is 0 Å². The second-order valence-corrected chi connectivity index (χ2v) is 6.15. The first-order chi connectivity index (χ1) is 8.90. The molecule has 2 rings (SSSR count). The van der Waals surface area contributed by atoms with Gasteiger partial charge >= 0.3 is 0 Å². The molecule has 0 bridgehead atoms. The highest BCUT2D eigenvalue weighted by Gasteiger charge is 2.17. The maximum atomic E-state index is 10.5. The maximum Gasteiger partial charge on any atom is 0.107 e. The summed E-state index contributed by atoms with van der Waals surface area (Å²) in [6, 6.07) is 9.76. The lowest BCUT2D eigenvalue weighted by atomic mass is 9.97. The fraction of sp³-hybridized carbons (Fsp3) is 0.250. The molecule has 3 heteroatoms. The predicted molar refractivity (Wildman–Crippen MR) is 83.9 cm³/mol. The molecule has 0 aromatic heterocycles. The van der Waals surface area contributed by atoms with Gasteiger partial charge in [0.05, 0.1) is 0 Å². The molecule has 0 saturated carbocycles. The number of aliphatic hydroxyl groups excluding tert-OH is 1. The summed E-state index contributed by atoms with van der Waals surface area (Å²) in [5.41, 5.74) is 4.98. The minimum atomic E-state index is -0.721. The van der Waals surface area contributed by atoms with Gasteiger partial charge in [-0.05, 0) is 55.2 Å². The van der Waals surface area contributed by atoms with Crippen LogP contribution in [0.2, 0.25) is 5.02 Å². The van der Waals surface area contributed by atoms with Crippen molar-refractivity contribution in [3.63, 3.8) is 0 Å². The van der Waals surface area contributed by atoms with Gasteiger partial charge in [0, 0.05) is 15.1 Å². The number of halogens is 2. The van der Waals surface area contributed by atoms with E-state index in [9.17, 15) is 5.11 Å². The minimum Gasteiger partial charge on any atom is -0.384 e.